The molecule has 0 amide bonds. The summed E-state index contributed by atoms with van der Waals surface area (Å²) in [7, 11) is 0. The van der Waals surface area contributed by atoms with E-state index in [4.69, 9.17) is 16.3 Å². The number of aromatic nitrogens is 1. The lowest BCUT2D eigenvalue weighted by Crippen LogP contribution is -2.12. The average Bonchev–Trinajstić information content (AvgIpc) is 2.43. The predicted octanol–water partition coefficient (Wildman–Crippen LogP) is 3.78. The Morgan fingerprint density at radius 1 is 1.32 bits per heavy atom. The number of pyridine rings is 1. The summed E-state index contributed by atoms with van der Waals surface area (Å²) in [6.45, 7) is 3.49. The molecule has 19 heavy (non-hydrogen) atoms. The van der Waals surface area contributed by atoms with Crippen LogP contribution in [0.3, 0.4) is 0 Å². The number of rotatable bonds is 5. The molecule has 0 aliphatic carbocycles. The Bertz CT molecular complexity index is 563. The van der Waals surface area contributed by atoms with Crippen LogP contribution in [0.2, 0.25) is 5.02 Å². The standard InChI is InChI=1S/C14H14ClFN2O/c1-2-17-8-10-6-7-18-9-13(10)19-12-5-3-4-11(15)14(12)16/h3-7,9,17H,2,8H2,1H3. The van der Waals surface area contributed by atoms with E-state index in [2.05, 4.69) is 10.3 Å². The number of nitrogens with zero attached hydrogens (tertiary/aromatic N) is 1. The summed E-state index contributed by atoms with van der Waals surface area (Å²) >= 11 is 5.72. The van der Waals surface area contributed by atoms with Crippen LogP contribution < -0.4 is 10.1 Å². The van der Waals surface area contributed by atoms with E-state index in [9.17, 15) is 4.39 Å². The molecule has 0 radical (unpaired) electrons. The number of nitrogens with one attached hydrogen (secondary N) is 1. The molecule has 0 spiro atoms. The molecule has 5 heteroatoms. The molecule has 0 unspecified atom stereocenters. The van der Waals surface area contributed by atoms with Gasteiger partial charge in [0.05, 0.1) is 11.2 Å². The summed E-state index contributed by atoms with van der Waals surface area (Å²) in [6.07, 6.45) is 3.24. The summed E-state index contributed by atoms with van der Waals surface area (Å²) in [5.74, 6) is 0.0466. The van der Waals surface area contributed by atoms with Crippen LogP contribution in [-0.2, 0) is 6.54 Å². The minimum Gasteiger partial charge on any atom is -0.452 e. The zero-order valence-electron chi connectivity index (χ0n) is 10.5. The topological polar surface area (TPSA) is 34.2 Å². The fourth-order valence-electron chi connectivity index (χ4n) is 1.59. The summed E-state index contributed by atoms with van der Waals surface area (Å²) in [4.78, 5) is 3.99. The van der Waals surface area contributed by atoms with E-state index in [1.54, 1.807) is 18.5 Å². The average molecular weight is 281 g/mol. The number of halogens is 2. The molecule has 2 rings (SSSR count). The van der Waals surface area contributed by atoms with Crippen LogP contribution in [0.1, 0.15) is 12.5 Å². The monoisotopic (exact) mass is 280 g/mol. The third-order valence-electron chi connectivity index (χ3n) is 2.57. The molecule has 0 bridgehead atoms. The highest BCUT2D eigenvalue weighted by Crippen LogP contribution is 2.30. The minimum atomic E-state index is -0.567. The number of hydrogen-bond donors (Lipinski definition) is 1. The van der Waals surface area contributed by atoms with Gasteiger partial charge in [0.1, 0.15) is 5.75 Å². The zero-order valence-corrected chi connectivity index (χ0v) is 11.2. The van der Waals surface area contributed by atoms with E-state index >= 15 is 0 Å². The molecule has 2 aromatic rings. The molecule has 0 fully saturated rings. The fraction of sp³-hybridized carbons (Fsp3) is 0.214. The second kappa shape index (κ2) is 6.50. The highest BCUT2D eigenvalue weighted by atomic mass is 35.5. The maximum absolute atomic E-state index is 13.8. The molecule has 1 N–H and O–H groups in total. The van der Waals surface area contributed by atoms with Crippen LogP contribution in [0.4, 0.5) is 4.39 Å². The number of benzene rings is 1. The Morgan fingerprint density at radius 3 is 2.95 bits per heavy atom. The van der Waals surface area contributed by atoms with Gasteiger partial charge in [0.15, 0.2) is 11.6 Å². The van der Waals surface area contributed by atoms with Gasteiger partial charge >= 0.3 is 0 Å². The first kappa shape index (κ1) is 13.8. The molecular formula is C14H14ClFN2O. The lowest BCUT2D eigenvalue weighted by molar-refractivity contribution is 0.434. The maximum Gasteiger partial charge on any atom is 0.184 e. The largest absolute Gasteiger partial charge is 0.452 e. The van der Waals surface area contributed by atoms with Gasteiger partial charge in [-0.1, -0.05) is 24.6 Å². The SMILES string of the molecule is CCNCc1ccncc1Oc1cccc(Cl)c1F. The van der Waals surface area contributed by atoms with Gasteiger partial charge in [0.2, 0.25) is 0 Å². The van der Waals surface area contributed by atoms with Crippen molar-refractivity contribution in [2.24, 2.45) is 0 Å². The van der Waals surface area contributed by atoms with Crippen LogP contribution >= 0.6 is 11.6 Å². The molecular weight excluding hydrogens is 267 g/mol. The maximum atomic E-state index is 13.8. The molecule has 100 valence electrons. The lowest BCUT2D eigenvalue weighted by Gasteiger charge is -2.11. The Balaban J connectivity index is 2.25. The van der Waals surface area contributed by atoms with Gasteiger partial charge in [0.25, 0.3) is 0 Å². The van der Waals surface area contributed by atoms with Crippen LogP contribution in [0.25, 0.3) is 0 Å². The number of ether oxygens (including phenoxy) is 1. The van der Waals surface area contributed by atoms with Gasteiger partial charge in [0, 0.05) is 18.3 Å². The van der Waals surface area contributed by atoms with Crippen molar-refractivity contribution >= 4 is 11.6 Å². The van der Waals surface area contributed by atoms with Crippen LogP contribution in [0.15, 0.2) is 36.7 Å². The van der Waals surface area contributed by atoms with Crippen LogP contribution in [0.5, 0.6) is 11.5 Å². The molecule has 1 aromatic heterocycles. The predicted molar refractivity (Wildman–Crippen MR) is 73.1 cm³/mol. The third-order valence-corrected chi connectivity index (χ3v) is 2.86. The first-order chi connectivity index (χ1) is 9.22. The molecule has 0 saturated heterocycles. The normalized spacial score (nSPS) is 10.5. The molecule has 0 atom stereocenters. The van der Waals surface area contributed by atoms with Gasteiger partial charge in [-0.2, -0.15) is 0 Å². The van der Waals surface area contributed by atoms with Crippen LogP contribution in [0, 0.1) is 5.82 Å². The van der Waals surface area contributed by atoms with Crippen molar-refractivity contribution in [2.45, 2.75) is 13.5 Å². The molecule has 0 aliphatic rings. The van der Waals surface area contributed by atoms with Gasteiger partial charge in [-0.3, -0.25) is 4.98 Å². The second-order valence-electron chi connectivity index (χ2n) is 3.92. The summed E-state index contributed by atoms with van der Waals surface area (Å²) in [5, 5.41) is 3.23. The zero-order chi connectivity index (χ0) is 13.7. The van der Waals surface area contributed by atoms with E-state index in [0.29, 0.717) is 12.3 Å². The molecule has 3 nitrogen and oxygen atoms in total. The smallest absolute Gasteiger partial charge is 0.184 e. The first-order valence-corrected chi connectivity index (χ1v) is 6.35. The third kappa shape index (κ3) is 3.43. The molecule has 1 heterocycles. The highest BCUT2D eigenvalue weighted by Gasteiger charge is 2.10. The summed E-state index contributed by atoms with van der Waals surface area (Å²) < 4.78 is 19.3. The van der Waals surface area contributed by atoms with Gasteiger partial charge in [-0.15, -0.1) is 0 Å². The lowest BCUT2D eigenvalue weighted by atomic mass is 10.2. The van der Waals surface area contributed by atoms with Crippen molar-refractivity contribution < 1.29 is 9.13 Å². The van der Waals surface area contributed by atoms with Crippen molar-refractivity contribution in [1.29, 1.82) is 0 Å². The van der Waals surface area contributed by atoms with Crippen molar-refractivity contribution in [3.63, 3.8) is 0 Å². The minimum absolute atomic E-state index is 0.0367. The van der Waals surface area contributed by atoms with E-state index in [1.807, 2.05) is 13.0 Å². The van der Waals surface area contributed by atoms with Crippen molar-refractivity contribution in [3.05, 3.63) is 53.1 Å². The van der Waals surface area contributed by atoms with Gasteiger partial charge < -0.3 is 10.1 Å². The van der Waals surface area contributed by atoms with Crippen molar-refractivity contribution in [1.82, 2.24) is 10.3 Å². The quantitative estimate of drug-likeness (QED) is 0.905. The first-order valence-electron chi connectivity index (χ1n) is 5.98. The molecule has 1 aromatic carbocycles. The summed E-state index contributed by atoms with van der Waals surface area (Å²) in [5.41, 5.74) is 0.913. The second-order valence-corrected chi connectivity index (χ2v) is 4.32. The van der Waals surface area contributed by atoms with Crippen molar-refractivity contribution in [2.75, 3.05) is 6.54 Å². The fourth-order valence-corrected chi connectivity index (χ4v) is 1.75. The van der Waals surface area contributed by atoms with E-state index in [0.717, 1.165) is 12.1 Å². The highest BCUT2D eigenvalue weighted by molar-refractivity contribution is 6.30. The Morgan fingerprint density at radius 2 is 2.16 bits per heavy atom. The van der Waals surface area contributed by atoms with E-state index in [-0.39, 0.29) is 10.8 Å². The Kier molecular flexibility index (Phi) is 4.71. The van der Waals surface area contributed by atoms with Crippen molar-refractivity contribution in [3.8, 4) is 11.5 Å². The van der Waals surface area contributed by atoms with Crippen LogP contribution in [-0.4, -0.2) is 11.5 Å². The van der Waals surface area contributed by atoms with E-state index < -0.39 is 5.82 Å². The molecule has 0 aliphatic heterocycles. The van der Waals surface area contributed by atoms with E-state index in [1.165, 1.54) is 12.1 Å². The Hall–Kier alpha value is -1.65. The molecule has 0 saturated carbocycles. The van der Waals surface area contributed by atoms with Gasteiger partial charge in [-0.05, 0) is 24.7 Å². The Labute approximate surface area is 116 Å². The summed E-state index contributed by atoms with van der Waals surface area (Å²) in [6, 6.07) is 6.49. The van der Waals surface area contributed by atoms with Gasteiger partial charge in [-0.25, -0.2) is 4.39 Å². The number of hydrogen-bond acceptors (Lipinski definition) is 3.